The van der Waals surface area contributed by atoms with Gasteiger partial charge in [0, 0.05) is 12.2 Å². The molecule has 1 aromatic carbocycles. The Kier molecular flexibility index (Phi) is 5.40. The molecule has 2 N–H and O–H groups in total. The number of amides is 2. The topological polar surface area (TPSA) is 41.1 Å². The molecule has 0 heterocycles. The molecule has 0 saturated carbocycles. The standard InChI is InChI=1S/C13H20N2O/c1-3-7-11-8-5-6-9-12(11)15-13(16)14-10-4-2/h5-6,8-9H,3-4,7,10H2,1-2H3,(H2,14,15,16). The normalized spacial score (nSPS) is 9.88. The van der Waals surface area contributed by atoms with Crippen LogP contribution in [0.25, 0.3) is 0 Å². The lowest BCUT2D eigenvalue weighted by molar-refractivity contribution is 0.252. The van der Waals surface area contributed by atoms with Gasteiger partial charge in [0.1, 0.15) is 0 Å². The smallest absolute Gasteiger partial charge is 0.319 e. The van der Waals surface area contributed by atoms with Crippen molar-refractivity contribution in [3.8, 4) is 0 Å². The van der Waals surface area contributed by atoms with Crippen molar-refractivity contribution in [3.05, 3.63) is 29.8 Å². The molecule has 0 aliphatic rings. The molecule has 0 aliphatic heterocycles. The third-order valence-corrected chi connectivity index (χ3v) is 2.32. The van der Waals surface area contributed by atoms with Gasteiger partial charge < -0.3 is 10.6 Å². The molecule has 16 heavy (non-hydrogen) atoms. The lowest BCUT2D eigenvalue weighted by atomic mass is 10.1. The van der Waals surface area contributed by atoms with E-state index >= 15 is 0 Å². The predicted molar refractivity (Wildman–Crippen MR) is 67.7 cm³/mol. The Morgan fingerprint density at radius 2 is 1.94 bits per heavy atom. The van der Waals surface area contributed by atoms with Crippen molar-refractivity contribution in [1.29, 1.82) is 0 Å². The zero-order valence-electron chi connectivity index (χ0n) is 10.0. The Morgan fingerprint density at radius 1 is 1.19 bits per heavy atom. The largest absolute Gasteiger partial charge is 0.338 e. The number of hydrogen-bond donors (Lipinski definition) is 2. The van der Waals surface area contributed by atoms with Gasteiger partial charge in [-0.25, -0.2) is 4.79 Å². The van der Waals surface area contributed by atoms with Crippen LogP contribution >= 0.6 is 0 Å². The number of hydrogen-bond acceptors (Lipinski definition) is 1. The zero-order valence-corrected chi connectivity index (χ0v) is 10.0. The summed E-state index contributed by atoms with van der Waals surface area (Å²) in [6.07, 6.45) is 3.02. The molecule has 3 heteroatoms. The van der Waals surface area contributed by atoms with Crippen molar-refractivity contribution in [2.24, 2.45) is 0 Å². The van der Waals surface area contributed by atoms with Gasteiger partial charge in [-0.2, -0.15) is 0 Å². The number of benzene rings is 1. The Labute approximate surface area is 97.2 Å². The van der Waals surface area contributed by atoms with Crippen LogP contribution in [-0.4, -0.2) is 12.6 Å². The average molecular weight is 220 g/mol. The molecule has 2 amide bonds. The maximum absolute atomic E-state index is 11.5. The van der Waals surface area contributed by atoms with Crippen molar-refractivity contribution in [2.45, 2.75) is 33.1 Å². The summed E-state index contributed by atoms with van der Waals surface area (Å²) in [4.78, 5) is 11.5. The first-order valence-corrected chi connectivity index (χ1v) is 5.90. The van der Waals surface area contributed by atoms with Crippen LogP contribution in [0.2, 0.25) is 0 Å². The van der Waals surface area contributed by atoms with Crippen LogP contribution in [0.1, 0.15) is 32.3 Å². The molecule has 0 saturated heterocycles. The van der Waals surface area contributed by atoms with Gasteiger partial charge in [-0.1, -0.05) is 38.5 Å². The Morgan fingerprint density at radius 3 is 2.62 bits per heavy atom. The highest BCUT2D eigenvalue weighted by atomic mass is 16.2. The second kappa shape index (κ2) is 6.88. The van der Waals surface area contributed by atoms with Crippen molar-refractivity contribution < 1.29 is 4.79 Å². The molecule has 0 aliphatic carbocycles. The van der Waals surface area contributed by atoms with E-state index in [1.165, 1.54) is 5.56 Å². The summed E-state index contributed by atoms with van der Waals surface area (Å²) < 4.78 is 0. The Bertz CT molecular complexity index is 336. The van der Waals surface area contributed by atoms with E-state index in [4.69, 9.17) is 0 Å². The van der Waals surface area contributed by atoms with E-state index in [1.807, 2.05) is 25.1 Å². The highest BCUT2D eigenvalue weighted by molar-refractivity contribution is 5.90. The fraction of sp³-hybridized carbons (Fsp3) is 0.462. The first-order chi connectivity index (χ1) is 7.77. The fourth-order valence-corrected chi connectivity index (χ4v) is 1.53. The van der Waals surface area contributed by atoms with Gasteiger partial charge >= 0.3 is 6.03 Å². The molecule has 3 nitrogen and oxygen atoms in total. The minimum Gasteiger partial charge on any atom is -0.338 e. The third-order valence-electron chi connectivity index (χ3n) is 2.32. The van der Waals surface area contributed by atoms with E-state index in [1.54, 1.807) is 0 Å². The Balaban J connectivity index is 2.61. The van der Waals surface area contributed by atoms with Gasteiger partial charge in [0.15, 0.2) is 0 Å². The number of carbonyl (C=O) groups is 1. The van der Waals surface area contributed by atoms with Gasteiger partial charge in [-0.05, 0) is 24.5 Å². The van der Waals surface area contributed by atoms with Crippen LogP contribution in [-0.2, 0) is 6.42 Å². The minimum absolute atomic E-state index is 0.120. The van der Waals surface area contributed by atoms with Crippen LogP contribution in [0.4, 0.5) is 10.5 Å². The molecule has 1 rings (SSSR count). The second-order valence-corrected chi connectivity index (χ2v) is 3.79. The van der Waals surface area contributed by atoms with E-state index in [9.17, 15) is 4.79 Å². The van der Waals surface area contributed by atoms with Crippen LogP contribution in [0.5, 0.6) is 0 Å². The van der Waals surface area contributed by atoms with Crippen LogP contribution < -0.4 is 10.6 Å². The highest BCUT2D eigenvalue weighted by Crippen LogP contribution is 2.16. The molecular weight excluding hydrogens is 200 g/mol. The third kappa shape index (κ3) is 3.93. The number of anilines is 1. The number of aryl methyl sites for hydroxylation is 1. The first-order valence-electron chi connectivity index (χ1n) is 5.90. The Hall–Kier alpha value is -1.51. The van der Waals surface area contributed by atoms with Crippen molar-refractivity contribution >= 4 is 11.7 Å². The maximum Gasteiger partial charge on any atom is 0.319 e. The zero-order chi connectivity index (χ0) is 11.8. The van der Waals surface area contributed by atoms with Gasteiger partial charge in [-0.3, -0.25) is 0 Å². The second-order valence-electron chi connectivity index (χ2n) is 3.79. The molecule has 0 unspecified atom stereocenters. The van der Waals surface area contributed by atoms with Crippen LogP contribution in [0.3, 0.4) is 0 Å². The summed E-state index contributed by atoms with van der Waals surface area (Å²) in [5.74, 6) is 0. The number of carbonyl (C=O) groups excluding carboxylic acids is 1. The summed E-state index contributed by atoms with van der Waals surface area (Å²) >= 11 is 0. The molecule has 0 aromatic heterocycles. The predicted octanol–water partition coefficient (Wildman–Crippen LogP) is 3.17. The van der Waals surface area contributed by atoms with E-state index in [0.29, 0.717) is 6.54 Å². The molecular formula is C13H20N2O. The van der Waals surface area contributed by atoms with E-state index in [2.05, 4.69) is 23.6 Å². The monoisotopic (exact) mass is 220 g/mol. The molecule has 0 radical (unpaired) electrons. The summed E-state index contributed by atoms with van der Waals surface area (Å²) in [6, 6.07) is 7.81. The van der Waals surface area contributed by atoms with Gasteiger partial charge in [0.05, 0.1) is 0 Å². The number of para-hydroxylation sites is 1. The van der Waals surface area contributed by atoms with Crippen molar-refractivity contribution in [1.82, 2.24) is 5.32 Å². The van der Waals surface area contributed by atoms with E-state index in [-0.39, 0.29) is 6.03 Å². The number of urea groups is 1. The number of nitrogens with one attached hydrogen (secondary N) is 2. The first kappa shape index (κ1) is 12.6. The molecule has 1 aromatic rings. The molecule has 0 atom stereocenters. The number of rotatable bonds is 5. The minimum atomic E-state index is -0.120. The summed E-state index contributed by atoms with van der Waals surface area (Å²) in [7, 11) is 0. The molecule has 0 bridgehead atoms. The molecule has 0 fully saturated rings. The van der Waals surface area contributed by atoms with E-state index < -0.39 is 0 Å². The molecule has 0 spiro atoms. The van der Waals surface area contributed by atoms with Crippen molar-refractivity contribution in [3.63, 3.8) is 0 Å². The maximum atomic E-state index is 11.5. The quantitative estimate of drug-likeness (QED) is 0.786. The SMILES string of the molecule is CCCNC(=O)Nc1ccccc1CCC. The lowest BCUT2D eigenvalue weighted by Crippen LogP contribution is -2.29. The summed E-state index contributed by atoms with van der Waals surface area (Å²) in [5, 5.41) is 5.68. The van der Waals surface area contributed by atoms with Crippen molar-refractivity contribution in [2.75, 3.05) is 11.9 Å². The van der Waals surface area contributed by atoms with Gasteiger partial charge in [0.2, 0.25) is 0 Å². The highest BCUT2D eigenvalue weighted by Gasteiger charge is 2.04. The summed E-state index contributed by atoms with van der Waals surface area (Å²) in [5.41, 5.74) is 2.11. The van der Waals surface area contributed by atoms with Gasteiger partial charge in [0.25, 0.3) is 0 Å². The molecule has 88 valence electrons. The van der Waals surface area contributed by atoms with Gasteiger partial charge in [-0.15, -0.1) is 0 Å². The average Bonchev–Trinajstić information content (AvgIpc) is 2.29. The summed E-state index contributed by atoms with van der Waals surface area (Å²) in [6.45, 7) is 4.88. The fourth-order valence-electron chi connectivity index (χ4n) is 1.53. The van der Waals surface area contributed by atoms with Crippen LogP contribution in [0, 0.1) is 0 Å². The lowest BCUT2D eigenvalue weighted by Gasteiger charge is -2.10. The van der Waals surface area contributed by atoms with Crippen LogP contribution in [0.15, 0.2) is 24.3 Å². The van der Waals surface area contributed by atoms with E-state index in [0.717, 1.165) is 24.9 Å².